The maximum absolute atomic E-state index is 12.1. The molecular weight excluding hydrogens is 336 g/mol. The van der Waals surface area contributed by atoms with Crippen LogP contribution in [-0.4, -0.2) is 31.2 Å². The molecule has 0 spiro atoms. The molecule has 0 aliphatic heterocycles. The third-order valence-electron chi connectivity index (χ3n) is 2.64. The fourth-order valence-electron chi connectivity index (χ4n) is 1.62. The molecular formula is C15H15BrN2O3. The second-order valence-electron chi connectivity index (χ2n) is 4.19. The average Bonchev–Trinajstić information content (AvgIpc) is 2.48. The number of methoxy groups -OCH3 is 1. The van der Waals surface area contributed by atoms with Crippen molar-refractivity contribution in [2.45, 2.75) is 0 Å². The third-order valence-corrected chi connectivity index (χ3v) is 3.11. The Hall–Kier alpha value is -1.92. The van der Waals surface area contributed by atoms with Gasteiger partial charge in [-0.15, -0.1) is 0 Å². The van der Waals surface area contributed by atoms with Gasteiger partial charge in [-0.3, -0.25) is 4.79 Å². The van der Waals surface area contributed by atoms with Crippen LogP contribution in [0.2, 0.25) is 0 Å². The number of nitrogens with one attached hydrogen (secondary N) is 1. The van der Waals surface area contributed by atoms with Gasteiger partial charge in [-0.05, 0) is 40.2 Å². The van der Waals surface area contributed by atoms with Crippen LogP contribution in [0.4, 0.5) is 5.69 Å². The molecule has 0 radical (unpaired) electrons. The summed E-state index contributed by atoms with van der Waals surface area (Å²) in [6, 6.07) is 10.6. The van der Waals surface area contributed by atoms with E-state index in [-0.39, 0.29) is 5.91 Å². The van der Waals surface area contributed by atoms with Gasteiger partial charge in [0.05, 0.1) is 12.2 Å². The largest absolute Gasteiger partial charge is 0.491 e. The molecule has 2 rings (SSSR count). The summed E-state index contributed by atoms with van der Waals surface area (Å²) in [7, 11) is 1.62. The summed E-state index contributed by atoms with van der Waals surface area (Å²) in [6.45, 7) is 0.978. The van der Waals surface area contributed by atoms with Crippen molar-refractivity contribution in [3.63, 3.8) is 0 Å². The van der Waals surface area contributed by atoms with Crippen LogP contribution in [0.5, 0.6) is 5.75 Å². The summed E-state index contributed by atoms with van der Waals surface area (Å²) in [4.78, 5) is 16.1. The molecule has 0 unspecified atom stereocenters. The van der Waals surface area contributed by atoms with Gasteiger partial charge >= 0.3 is 0 Å². The molecule has 0 saturated carbocycles. The zero-order valence-electron chi connectivity index (χ0n) is 11.5. The lowest BCUT2D eigenvalue weighted by Gasteiger charge is -2.09. The van der Waals surface area contributed by atoms with Crippen molar-refractivity contribution in [2.24, 2.45) is 0 Å². The van der Waals surface area contributed by atoms with Gasteiger partial charge in [0.25, 0.3) is 5.91 Å². The Morgan fingerprint density at radius 1 is 1.29 bits per heavy atom. The summed E-state index contributed by atoms with van der Waals surface area (Å²) in [5, 5.41) is 2.80. The number of rotatable bonds is 6. The van der Waals surface area contributed by atoms with Gasteiger partial charge < -0.3 is 14.8 Å². The summed E-state index contributed by atoms with van der Waals surface area (Å²) < 4.78 is 11.1. The molecule has 1 N–H and O–H groups in total. The van der Waals surface area contributed by atoms with Gasteiger partial charge in [0.2, 0.25) is 0 Å². The Labute approximate surface area is 131 Å². The number of hydrogen-bond donors (Lipinski definition) is 1. The molecule has 0 aliphatic carbocycles. The quantitative estimate of drug-likeness (QED) is 0.642. The minimum atomic E-state index is -0.218. The molecule has 1 aromatic heterocycles. The highest BCUT2D eigenvalue weighted by atomic mass is 79.9. The molecule has 110 valence electrons. The van der Waals surface area contributed by atoms with E-state index in [1.54, 1.807) is 31.4 Å². The second kappa shape index (κ2) is 7.75. The summed E-state index contributed by atoms with van der Waals surface area (Å²) in [5.74, 6) is 0.461. The predicted octanol–water partition coefficient (Wildman–Crippen LogP) is 3.12. The Morgan fingerprint density at radius 3 is 2.86 bits per heavy atom. The second-order valence-corrected chi connectivity index (χ2v) is 5.01. The molecule has 0 fully saturated rings. The number of halogens is 1. The van der Waals surface area contributed by atoms with Crippen molar-refractivity contribution in [3.05, 3.63) is 52.8 Å². The molecule has 21 heavy (non-hydrogen) atoms. The van der Waals surface area contributed by atoms with Crippen LogP contribution >= 0.6 is 15.9 Å². The zero-order valence-corrected chi connectivity index (χ0v) is 13.1. The van der Waals surface area contributed by atoms with E-state index in [1.807, 2.05) is 12.1 Å². The van der Waals surface area contributed by atoms with E-state index in [0.29, 0.717) is 34.8 Å². The van der Waals surface area contributed by atoms with Gasteiger partial charge in [-0.2, -0.15) is 0 Å². The Morgan fingerprint density at radius 2 is 2.14 bits per heavy atom. The van der Waals surface area contributed by atoms with Gasteiger partial charge in [-0.25, -0.2) is 4.98 Å². The van der Waals surface area contributed by atoms with Crippen molar-refractivity contribution in [1.82, 2.24) is 4.98 Å². The number of ether oxygens (including phenoxy) is 2. The van der Waals surface area contributed by atoms with E-state index in [4.69, 9.17) is 9.47 Å². The number of carbonyl (C=O) groups is 1. The number of benzene rings is 1. The number of nitrogens with zero attached hydrogens (tertiary/aromatic N) is 1. The zero-order chi connectivity index (χ0) is 15.1. The minimum absolute atomic E-state index is 0.218. The first kappa shape index (κ1) is 15.5. The van der Waals surface area contributed by atoms with Gasteiger partial charge in [0, 0.05) is 25.1 Å². The minimum Gasteiger partial charge on any atom is -0.491 e. The Kier molecular flexibility index (Phi) is 5.71. The molecule has 2 aromatic rings. The summed E-state index contributed by atoms with van der Waals surface area (Å²) in [6.07, 6.45) is 1.51. The van der Waals surface area contributed by atoms with Crippen molar-refractivity contribution in [2.75, 3.05) is 25.6 Å². The first-order chi connectivity index (χ1) is 10.2. The molecule has 0 bridgehead atoms. The van der Waals surface area contributed by atoms with Gasteiger partial charge in [0.15, 0.2) is 0 Å². The lowest BCUT2D eigenvalue weighted by molar-refractivity contribution is 0.102. The van der Waals surface area contributed by atoms with E-state index in [9.17, 15) is 4.79 Å². The Bertz CT molecular complexity index is 602. The SMILES string of the molecule is COCCOc1cccc(NC(=O)c2ccc(Br)nc2)c1. The highest BCUT2D eigenvalue weighted by Crippen LogP contribution is 2.18. The average molecular weight is 351 g/mol. The predicted molar refractivity (Wildman–Crippen MR) is 83.7 cm³/mol. The first-order valence-electron chi connectivity index (χ1n) is 6.34. The number of amides is 1. The molecule has 0 atom stereocenters. The first-order valence-corrected chi connectivity index (χ1v) is 7.13. The van der Waals surface area contributed by atoms with Gasteiger partial charge in [0.1, 0.15) is 17.0 Å². The van der Waals surface area contributed by atoms with E-state index in [1.165, 1.54) is 6.20 Å². The molecule has 1 heterocycles. The maximum Gasteiger partial charge on any atom is 0.257 e. The number of hydrogen-bond acceptors (Lipinski definition) is 4. The van der Waals surface area contributed by atoms with Crippen LogP contribution in [0, 0.1) is 0 Å². The van der Waals surface area contributed by atoms with Gasteiger partial charge in [-0.1, -0.05) is 6.07 Å². The molecule has 0 saturated heterocycles. The van der Waals surface area contributed by atoms with Crippen LogP contribution in [0.3, 0.4) is 0 Å². The smallest absolute Gasteiger partial charge is 0.257 e. The van der Waals surface area contributed by atoms with E-state index in [0.717, 1.165) is 0 Å². The highest BCUT2D eigenvalue weighted by Gasteiger charge is 2.07. The molecule has 1 aromatic carbocycles. The number of pyridine rings is 1. The van der Waals surface area contributed by atoms with Crippen LogP contribution in [-0.2, 0) is 4.74 Å². The topological polar surface area (TPSA) is 60.5 Å². The summed E-state index contributed by atoms with van der Waals surface area (Å²) in [5.41, 5.74) is 1.15. The van der Waals surface area contributed by atoms with Crippen molar-refractivity contribution in [1.29, 1.82) is 0 Å². The van der Waals surface area contributed by atoms with Crippen molar-refractivity contribution in [3.8, 4) is 5.75 Å². The normalized spacial score (nSPS) is 10.2. The molecule has 6 heteroatoms. The lowest BCUT2D eigenvalue weighted by atomic mass is 10.2. The Balaban J connectivity index is 2.00. The number of aromatic nitrogens is 1. The maximum atomic E-state index is 12.1. The van der Waals surface area contributed by atoms with Crippen LogP contribution in [0.1, 0.15) is 10.4 Å². The lowest BCUT2D eigenvalue weighted by Crippen LogP contribution is -2.12. The van der Waals surface area contributed by atoms with Crippen molar-refractivity contribution < 1.29 is 14.3 Å². The third kappa shape index (κ3) is 4.84. The standard InChI is InChI=1S/C15H15BrN2O3/c1-20-7-8-21-13-4-2-3-12(9-13)18-15(19)11-5-6-14(16)17-10-11/h2-6,9-10H,7-8H2,1H3,(H,18,19). The van der Waals surface area contributed by atoms with Crippen LogP contribution in [0.25, 0.3) is 0 Å². The monoisotopic (exact) mass is 350 g/mol. The van der Waals surface area contributed by atoms with Crippen LogP contribution in [0.15, 0.2) is 47.2 Å². The highest BCUT2D eigenvalue weighted by molar-refractivity contribution is 9.10. The molecule has 5 nitrogen and oxygen atoms in total. The molecule has 1 amide bonds. The fourth-order valence-corrected chi connectivity index (χ4v) is 1.85. The van der Waals surface area contributed by atoms with E-state index in [2.05, 4.69) is 26.2 Å². The van der Waals surface area contributed by atoms with Crippen molar-refractivity contribution >= 4 is 27.5 Å². The summed E-state index contributed by atoms with van der Waals surface area (Å²) >= 11 is 3.23. The number of anilines is 1. The number of carbonyl (C=O) groups excluding carboxylic acids is 1. The van der Waals surface area contributed by atoms with E-state index >= 15 is 0 Å². The fraction of sp³-hybridized carbons (Fsp3) is 0.200. The van der Waals surface area contributed by atoms with Crippen LogP contribution < -0.4 is 10.1 Å². The van der Waals surface area contributed by atoms with E-state index < -0.39 is 0 Å². The molecule has 0 aliphatic rings.